The van der Waals surface area contributed by atoms with Gasteiger partial charge in [0, 0.05) is 0 Å². The molecule has 0 aliphatic rings. The molecule has 1 aromatic carbocycles. The first-order valence-electron chi connectivity index (χ1n) is 4.62. The second-order valence-electron chi connectivity index (χ2n) is 3.30. The Balaban J connectivity index is 2.82. The zero-order valence-electron chi connectivity index (χ0n) is 8.37. The highest BCUT2D eigenvalue weighted by atomic mass is 16.4. The third kappa shape index (κ3) is 2.79. The maximum atomic E-state index is 10.6. The van der Waals surface area contributed by atoms with E-state index in [1.807, 2.05) is 0 Å². The predicted octanol–water partition coefficient (Wildman–Crippen LogP) is 0.693. The first kappa shape index (κ1) is 12.2. The van der Waals surface area contributed by atoms with Gasteiger partial charge in [-0.15, -0.1) is 0 Å². The van der Waals surface area contributed by atoms with Gasteiger partial charge in [0.2, 0.25) is 0 Å². The highest BCUT2D eigenvalue weighted by Crippen LogP contribution is 2.19. The van der Waals surface area contributed by atoms with E-state index in [-0.39, 0.29) is 12.0 Å². The van der Waals surface area contributed by atoms with Crippen LogP contribution in [0.1, 0.15) is 28.4 Å². The largest absolute Gasteiger partial charge is 0.478 e. The van der Waals surface area contributed by atoms with Crippen molar-refractivity contribution in [3.05, 3.63) is 35.4 Å². The van der Waals surface area contributed by atoms with Crippen LogP contribution in [0.4, 0.5) is 0 Å². The van der Waals surface area contributed by atoms with Crippen LogP contribution >= 0.6 is 0 Å². The molecule has 16 heavy (non-hydrogen) atoms. The summed E-state index contributed by atoms with van der Waals surface area (Å²) in [4.78, 5) is 10.6. The van der Waals surface area contributed by atoms with Crippen molar-refractivity contribution in [2.45, 2.75) is 18.6 Å². The van der Waals surface area contributed by atoms with Gasteiger partial charge in [0.05, 0.1) is 24.2 Å². The van der Waals surface area contributed by atoms with Crippen molar-refractivity contribution in [1.82, 2.24) is 0 Å². The lowest BCUT2D eigenvalue weighted by molar-refractivity contribution is 0.0216. The van der Waals surface area contributed by atoms with Crippen LogP contribution in [0.3, 0.4) is 0 Å². The molecule has 0 fully saturated rings. The van der Waals surface area contributed by atoms with Gasteiger partial charge in [-0.05, 0) is 17.7 Å². The average Bonchev–Trinajstić information content (AvgIpc) is 2.28. The van der Waals surface area contributed by atoms with Gasteiger partial charge in [-0.1, -0.05) is 12.1 Å². The Kier molecular flexibility index (Phi) is 4.00. The molecule has 5 heteroatoms. The topological polar surface area (TPSA) is 102 Å². The van der Waals surface area contributed by atoms with Crippen LogP contribution in [0.2, 0.25) is 0 Å². The van der Waals surface area contributed by atoms with E-state index in [0.717, 1.165) is 0 Å². The van der Waals surface area contributed by atoms with E-state index >= 15 is 0 Å². The number of carboxylic acid groups (broad SMARTS) is 1. The number of nitriles is 1. The van der Waals surface area contributed by atoms with Gasteiger partial charge in [-0.3, -0.25) is 0 Å². The summed E-state index contributed by atoms with van der Waals surface area (Å²) >= 11 is 0. The van der Waals surface area contributed by atoms with Crippen molar-refractivity contribution in [2.24, 2.45) is 0 Å². The van der Waals surface area contributed by atoms with Gasteiger partial charge in [-0.2, -0.15) is 5.26 Å². The number of aromatic carboxylic acids is 1. The smallest absolute Gasteiger partial charge is 0.335 e. The van der Waals surface area contributed by atoms with Crippen molar-refractivity contribution in [1.29, 1.82) is 5.26 Å². The minimum absolute atomic E-state index is 0.103. The van der Waals surface area contributed by atoms with Crippen molar-refractivity contribution >= 4 is 5.97 Å². The number of carbonyl (C=O) groups is 1. The highest BCUT2D eigenvalue weighted by molar-refractivity contribution is 5.87. The van der Waals surface area contributed by atoms with Crippen LogP contribution in [0.5, 0.6) is 0 Å². The van der Waals surface area contributed by atoms with Crippen molar-refractivity contribution in [3.8, 4) is 6.07 Å². The Labute approximate surface area is 92.2 Å². The molecule has 1 rings (SSSR count). The van der Waals surface area contributed by atoms with Crippen molar-refractivity contribution in [3.63, 3.8) is 0 Å². The molecule has 1 aromatic rings. The fourth-order valence-electron chi connectivity index (χ4n) is 1.25. The molecular weight excluding hydrogens is 210 g/mol. The second kappa shape index (κ2) is 5.26. The van der Waals surface area contributed by atoms with E-state index in [1.165, 1.54) is 24.3 Å². The second-order valence-corrected chi connectivity index (χ2v) is 3.30. The molecule has 0 aromatic heterocycles. The Morgan fingerprint density at radius 1 is 1.31 bits per heavy atom. The third-order valence-corrected chi connectivity index (χ3v) is 2.16. The van der Waals surface area contributed by atoms with Crippen LogP contribution in [-0.4, -0.2) is 27.4 Å². The molecule has 0 aliphatic carbocycles. The minimum Gasteiger partial charge on any atom is -0.478 e. The van der Waals surface area contributed by atoms with E-state index < -0.39 is 18.2 Å². The van der Waals surface area contributed by atoms with E-state index in [2.05, 4.69) is 0 Å². The van der Waals surface area contributed by atoms with Gasteiger partial charge < -0.3 is 15.3 Å². The molecule has 0 amide bonds. The fourth-order valence-corrected chi connectivity index (χ4v) is 1.25. The summed E-state index contributed by atoms with van der Waals surface area (Å²) < 4.78 is 0. The van der Waals surface area contributed by atoms with Gasteiger partial charge >= 0.3 is 5.97 Å². The molecule has 0 heterocycles. The van der Waals surface area contributed by atoms with E-state index in [9.17, 15) is 15.0 Å². The summed E-state index contributed by atoms with van der Waals surface area (Å²) in [6.45, 7) is 0. The first-order chi connectivity index (χ1) is 7.56. The number of rotatable bonds is 4. The Hall–Kier alpha value is -1.90. The summed E-state index contributed by atoms with van der Waals surface area (Å²) in [5.74, 6) is -1.06. The van der Waals surface area contributed by atoms with Gasteiger partial charge in [0.15, 0.2) is 0 Å². The lowest BCUT2D eigenvalue weighted by atomic mass is 10.0. The molecule has 0 aliphatic heterocycles. The molecule has 84 valence electrons. The van der Waals surface area contributed by atoms with Crippen molar-refractivity contribution in [2.75, 3.05) is 0 Å². The van der Waals surface area contributed by atoms with E-state index in [4.69, 9.17) is 10.4 Å². The maximum Gasteiger partial charge on any atom is 0.335 e. The molecule has 0 bridgehead atoms. The lowest BCUT2D eigenvalue weighted by Gasteiger charge is -2.15. The van der Waals surface area contributed by atoms with Crippen LogP contribution in [0, 0.1) is 11.3 Å². The van der Waals surface area contributed by atoms with Crippen LogP contribution in [-0.2, 0) is 0 Å². The molecule has 5 nitrogen and oxygen atoms in total. The Morgan fingerprint density at radius 3 is 2.31 bits per heavy atom. The Morgan fingerprint density at radius 2 is 1.88 bits per heavy atom. The molecule has 0 spiro atoms. The predicted molar refractivity (Wildman–Crippen MR) is 54.6 cm³/mol. The number of aliphatic hydroxyl groups excluding tert-OH is 2. The average molecular weight is 221 g/mol. The van der Waals surface area contributed by atoms with Crippen LogP contribution in [0.15, 0.2) is 24.3 Å². The van der Waals surface area contributed by atoms with Crippen LogP contribution < -0.4 is 0 Å². The monoisotopic (exact) mass is 221 g/mol. The van der Waals surface area contributed by atoms with Gasteiger partial charge in [-0.25, -0.2) is 4.79 Å². The standard InChI is InChI=1S/C11H11NO4/c12-6-5-9(13)10(14)7-1-3-8(4-2-7)11(15)16/h1-4,9-10,13-14H,5H2,(H,15,16). The fraction of sp³-hybridized carbons (Fsp3) is 0.273. The quantitative estimate of drug-likeness (QED) is 0.694. The number of nitrogens with zero attached hydrogens (tertiary/aromatic N) is 1. The maximum absolute atomic E-state index is 10.6. The highest BCUT2D eigenvalue weighted by Gasteiger charge is 2.18. The first-order valence-corrected chi connectivity index (χ1v) is 4.62. The molecule has 0 saturated heterocycles. The zero-order chi connectivity index (χ0) is 12.1. The molecular formula is C11H11NO4. The number of benzene rings is 1. The summed E-state index contributed by atoms with van der Waals surface area (Å²) in [7, 11) is 0. The molecule has 2 unspecified atom stereocenters. The van der Waals surface area contributed by atoms with Gasteiger partial charge in [0.1, 0.15) is 6.10 Å². The number of hydrogen-bond donors (Lipinski definition) is 3. The molecule has 0 radical (unpaired) electrons. The number of hydrogen-bond acceptors (Lipinski definition) is 4. The van der Waals surface area contributed by atoms with Crippen molar-refractivity contribution < 1.29 is 20.1 Å². The third-order valence-electron chi connectivity index (χ3n) is 2.16. The van der Waals surface area contributed by atoms with Crippen LogP contribution in [0.25, 0.3) is 0 Å². The minimum atomic E-state index is -1.18. The van der Waals surface area contributed by atoms with E-state index in [1.54, 1.807) is 6.07 Å². The summed E-state index contributed by atoms with van der Waals surface area (Å²) in [5.41, 5.74) is 0.485. The number of carboxylic acids is 1. The summed E-state index contributed by atoms with van der Waals surface area (Å²) in [6, 6.07) is 7.23. The SMILES string of the molecule is N#CCC(O)C(O)c1ccc(C(=O)O)cc1. The lowest BCUT2D eigenvalue weighted by Crippen LogP contribution is -2.17. The molecule has 3 N–H and O–H groups in total. The zero-order valence-corrected chi connectivity index (χ0v) is 8.37. The Bertz CT molecular complexity index is 407. The summed E-state index contributed by atoms with van der Waals surface area (Å²) in [6.07, 6.45) is -2.52. The normalized spacial score (nSPS) is 13.8. The molecule has 2 atom stereocenters. The number of aliphatic hydroxyl groups is 2. The van der Waals surface area contributed by atoms with Gasteiger partial charge in [0.25, 0.3) is 0 Å². The molecule has 0 saturated carbocycles. The summed E-state index contributed by atoms with van der Waals surface area (Å²) in [5, 5.41) is 36.0. The van der Waals surface area contributed by atoms with E-state index in [0.29, 0.717) is 5.56 Å².